The third kappa shape index (κ3) is 6.35. The highest BCUT2D eigenvalue weighted by Gasteiger charge is 2.22. The normalized spacial score (nSPS) is 13.7. The Kier molecular flexibility index (Phi) is 7.62. The maximum Gasteiger partial charge on any atom is 0.223 e. The van der Waals surface area contributed by atoms with Gasteiger partial charge in [0.05, 0.1) is 22.9 Å². The molecule has 0 aliphatic carbocycles. The lowest BCUT2D eigenvalue weighted by Crippen LogP contribution is -2.49. The third-order valence-corrected chi connectivity index (χ3v) is 5.98. The molecular weight excluding hydrogens is 440 g/mol. The van der Waals surface area contributed by atoms with Crippen LogP contribution in [0.25, 0.3) is 0 Å². The van der Waals surface area contributed by atoms with Gasteiger partial charge in [-0.1, -0.05) is 54.1 Å². The molecule has 1 aliphatic heterocycles. The van der Waals surface area contributed by atoms with Gasteiger partial charge in [-0.2, -0.15) is 0 Å². The molecule has 8 heteroatoms. The average molecular weight is 467 g/mol. The topological polar surface area (TPSA) is 78.7 Å². The lowest BCUT2D eigenvalue weighted by molar-refractivity contribution is -0.133. The van der Waals surface area contributed by atoms with Gasteiger partial charge in [0, 0.05) is 45.4 Å². The Bertz CT molecular complexity index is 1080. The fraction of sp³-hybridized carbons (Fsp3) is 0.320. The van der Waals surface area contributed by atoms with E-state index in [2.05, 4.69) is 15.2 Å². The number of amides is 2. The monoisotopic (exact) mass is 466 g/mol. The number of aromatic nitrogens is 1. The van der Waals surface area contributed by atoms with Crippen molar-refractivity contribution in [3.8, 4) is 0 Å². The highest BCUT2D eigenvalue weighted by molar-refractivity contribution is 6.33. The van der Waals surface area contributed by atoms with E-state index in [9.17, 15) is 9.59 Å². The molecule has 172 valence electrons. The van der Waals surface area contributed by atoms with Crippen molar-refractivity contribution in [3.05, 3.63) is 83.0 Å². The van der Waals surface area contributed by atoms with Gasteiger partial charge in [0.1, 0.15) is 6.26 Å². The number of anilines is 1. The van der Waals surface area contributed by atoms with E-state index < -0.39 is 0 Å². The molecule has 1 N–H and O–H groups in total. The molecule has 0 radical (unpaired) electrons. The quantitative estimate of drug-likeness (QED) is 0.548. The van der Waals surface area contributed by atoms with E-state index >= 15 is 0 Å². The van der Waals surface area contributed by atoms with Crippen molar-refractivity contribution in [3.63, 3.8) is 0 Å². The van der Waals surface area contributed by atoms with Crippen LogP contribution in [0.4, 0.5) is 5.69 Å². The summed E-state index contributed by atoms with van der Waals surface area (Å²) < 4.78 is 5.45. The van der Waals surface area contributed by atoms with E-state index in [4.69, 9.17) is 16.0 Å². The van der Waals surface area contributed by atoms with Gasteiger partial charge >= 0.3 is 0 Å². The van der Waals surface area contributed by atoms with Crippen molar-refractivity contribution in [2.45, 2.75) is 25.8 Å². The first-order chi connectivity index (χ1) is 16.1. The average Bonchev–Trinajstić information content (AvgIpc) is 3.29. The molecule has 0 spiro atoms. The number of oxazole rings is 1. The number of halogens is 1. The summed E-state index contributed by atoms with van der Waals surface area (Å²) in [6.07, 6.45) is 2.61. The Balaban J connectivity index is 1.16. The number of carbonyl (C=O) groups is 2. The van der Waals surface area contributed by atoms with Crippen molar-refractivity contribution in [1.29, 1.82) is 0 Å². The van der Waals surface area contributed by atoms with Crippen LogP contribution in [0.5, 0.6) is 0 Å². The number of rotatable bonds is 8. The molecule has 2 heterocycles. The first-order valence-electron chi connectivity index (χ1n) is 11.1. The molecule has 1 aromatic heterocycles. The Morgan fingerprint density at radius 1 is 0.970 bits per heavy atom. The van der Waals surface area contributed by atoms with Crippen LogP contribution in [0.2, 0.25) is 5.02 Å². The van der Waals surface area contributed by atoms with Gasteiger partial charge in [-0.25, -0.2) is 4.98 Å². The van der Waals surface area contributed by atoms with Crippen molar-refractivity contribution in [1.82, 2.24) is 15.2 Å². The molecule has 1 aliphatic rings. The van der Waals surface area contributed by atoms with Crippen LogP contribution < -0.4 is 10.2 Å². The molecule has 2 aromatic carbocycles. The zero-order valence-electron chi connectivity index (χ0n) is 18.4. The molecule has 0 bridgehead atoms. The first-order valence-corrected chi connectivity index (χ1v) is 11.5. The summed E-state index contributed by atoms with van der Waals surface area (Å²) in [6, 6.07) is 17.7. The number of piperazine rings is 1. The Morgan fingerprint density at radius 3 is 2.45 bits per heavy atom. The fourth-order valence-corrected chi connectivity index (χ4v) is 4.12. The molecule has 33 heavy (non-hydrogen) atoms. The minimum absolute atomic E-state index is 0.00905. The van der Waals surface area contributed by atoms with Gasteiger partial charge in [0.2, 0.25) is 17.7 Å². The van der Waals surface area contributed by atoms with Crippen LogP contribution >= 0.6 is 11.6 Å². The summed E-state index contributed by atoms with van der Waals surface area (Å²) in [7, 11) is 0. The highest BCUT2D eigenvalue weighted by atomic mass is 35.5. The number of nitrogens with one attached hydrogen (secondary N) is 1. The van der Waals surface area contributed by atoms with Gasteiger partial charge in [0.15, 0.2) is 0 Å². The number of benzene rings is 2. The lowest BCUT2D eigenvalue weighted by atomic mass is 10.1. The van der Waals surface area contributed by atoms with Crippen molar-refractivity contribution >= 4 is 29.1 Å². The molecule has 1 saturated heterocycles. The number of para-hydroxylation sites is 1. The van der Waals surface area contributed by atoms with Gasteiger partial charge in [-0.05, 0) is 17.7 Å². The number of carbonyl (C=O) groups excluding carboxylic acids is 2. The zero-order valence-corrected chi connectivity index (χ0v) is 19.1. The van der Waals surface area contributed by atoms with Crippen LogP contribution in [0.15, 0.2) is 65.3 Å². The molecule has 3 aromatic rings. The SMILES string of the molecule is O=C(CCC(=O)N1CCN(c2ccccc2Cl)CC1)NCc1nc(Cc2ccccc2)co1. The molecular formula is C25H27ClN4O3. The van der Waals surface area contributed by atoms with E-state index in [1.807, 2.05) is 59.5 Å². The van der Waals surface area contributed by atoms with Gasteiger partial charge in [0.25, 0.3) is 0 Å². The van der Waals surface area contributed by atoms with E-state index in [1.165, 1.54) is 0 Å². The Morgan fingerprint density at radius 2 is 1.70 bits per heavy atom. The second-order valence-corrected chi connectivity index (χ2v) is 8.40. The third-order valence-electron chi connectivity index (χ3n) is 5.66. The summed E-state index contributed by atoms with van der Waals surface area (Å²) in [5, 5.41) is 3.50. The van der Waals surface area contributed by atoms with Crippen LogP contribution in [0, 0.1) is 0 Å². The van der Waals surface area contributed by atoms with E-state index in [1.54, 1.807) is 6.26 Å². The van der Waals surface area contributed by atoms with Gasteiger partial charge < -0.3 is 19.5 Å². The lowest BCUT2D eigenvalue weighted by Gasteiger charge is -2.36. The molecule has 0 unspecified atom stereocenters. The second-order valence-electron chi connectivity index (χ2n) is 7.99. The maximum atomic E-state index is 12.5. The van der Waals surface area contributed by atoms with Crippen molar-refractivity contribution in [2.24, 2.45) is 0 Å². The highest BCUT2D eigenvalue weighted by Crippen LogP contribution is 2.26. The van der Waals surface area contributed by atoms with E-state index in [-0.39, 0.29) is 31.2 Å². The summed E-state index contributed by atoms with van der Waals surface area (Å²) in [4.78, 5) is 33.1. The van der Waals surface area contributed by atoms with Crippen LogP contribution in [0.3, 0.4) is 0 Å². The van der Waals surface area contributed by atoms with Crippen LogP contribution in [0.1, 0.15) is 30.0 Å². The van der Waals surface area contributed by atoms with Gasteiger partial charge in [-0.3, -0.25) is 9.59 Å². The molecule has 4 rings (SSSR count). The zero-order chi connectivity index (χ0) is 23.0. The molecule has 0 saturated carbocycles. The molecule has 0 atom stereocenters. The smallest absolute Gasteiger partial charge is 0.223 e. The number of nitrogens with zero attached hydrogens (tertiary/aromatic N) is 3. The molecule has 7 nitrogen and oxygen atoms in total. The minimum Gasteiger partial charge on any atom is -0.447 e. The minimum atomic E-state index is -0.194. The number of hydrogen-bond acceptors (Lipinski definition) is 5. The van der Waals surface area contributed by atoms with E-state index in [0.29, 0.717) is 30.4 Å². The summed E-state index contributed by atoms with van der Waals surface area (Å²) >= 11 is 6.27. The first kappa shape index (κ1) is 22.9. The fourth-order valence-electron chi connectivity index (χ4n) is 3.86. The molecule has 1 fully saturated rings. The van der Waals surface area contributed by atoms with Crippen LogP contribution in [-0.2, 0) is 22.6 Å². The predicted molar refractivity (Wildman–Crippen MR) is 127 cm³/mol. The summed E-state index contributed by atoms with van der Waals surface area (Å²) in [6.45, 7) is 2.88. The van der Waals surface area contributed by atoms with Crippen molar-refractivity contribution in [2.75, 3.05) is 31.1 Å². The second kappa shape index (κ2) is 11.0. The standard InChI is InChI=1S/C25H27ClN4O3/c26-21-8-4-5-9-22(21)29-12-14-30(15-13-29)25(32)11-10-23(31)27-17-24-28-20(18-33-24)16-19-6-2-1-3-7-19/h1-9,18H,10-17H2,(H,27,31). The van der Waals surface area contributed by atoms with Crippen molar-refractivity contribution < 1.29 is 14.0 Å². The maximum absolute atomic E-state index is 12.5. The summed E-state index contributed by atoms with van der Waals surface area (Å²) in [5.41, 5.74) is 2.95. The van der Waals surface area contributed by atoms with E-state index in [0.717, 1.165) is 30.0 Å². The summed E-state index contributed by atoms with van der Waals surface area (Å²) in [5.74, 6) is 0.252. The Labute approximate surface area is 198 Å². The Hall–Kier alpha value is -3.32. The largest absolute Gasteiger partial charge is 0.447 e. The number of hydrogen-bond donors (Lipinski definition) is 1. The van der Waals surface area contributed by atoms with Gasteiger partial charge in [-0.15, -0.1) is 0 Å². The predicted octanol–water partition coefficient (Wildman–Crippen LogP) is 3.66. The molecule has 2 amide bonds. The van der Waals surface area contributed by atoms with Crippen LogP contribution in [-0.4, -0.2) is 47.9 Å².